The molecule has 7 heteroatoms. The number of esters is 1. The molecule has 0 spiro atoms. The summed E-state index contributed by atoms with van der Waals surface area (Å²) in [6, 6.07) is 14.8. The van der Waals surface area contributed by atoms with Gasteiger partial charge in [-0.05, 0) is 57.0 Å². The van der Waals surface area contributed by atoms with E-state index in [4.69, 9.17) is 18.9 Å². The quantitative estimate of drug-likeness (QED) is 0.410. The Balaban J connectivity index is 1.56. The van der Waals surface area contributed by atoms with Crippen molar-refractivity contribution in [3.05, 3.63) is 54.1 Å². The van der Waals surface area contributed by atoms with Gasteiger partial charge in [0.25, 0.3) is 5.91 Å². The fraction of sp³-hybridized carbons (Fsp3) is 0.440. The number of carbonyl (C=O) groups excluding carboxylic acids is 2. The zero-order valence-electron chi connectivity index (χ0n) is 18.7. The number of hydrogen-bond donors (Lipinski definition) is 0. The molecule has 0 saturated carbocycles. The molecule has 0 radical (unpaired) electrons. The van der Waals surface area contributed by atoms with Crippen LogP contribution in [0.25, 0.3) is 0 Å². The Bertz CT molecular complexity index is 877. The summed E-state index contributed by atoms with van der Waals surface area (Å²) in [5, 5.41) is 0. The first-order chi connectivity index (χ1) is 15.6. The van der Waals surface area contributed by atoms with Crippen LogP contribution >= 0.6 is 0 Å². The lowest BCUT2D eigenvalue weighted by atomic mass is 9.96. The molecule has 32 heavy (non-hydrogen) atoms. The van der Waals surface area contributed by atoms with Crippen molar-refractivity contribution < 1.29 is 28.5 Å². The fourth-order valence-electron chi connectivity index (χ4n) is 3.62. The highest BCUT2D eigenvalue weighted by atomic mass is 16.5. The first-order valence-electron chi connectivity index (χ1n) is 11.2. The Labute approximate surface area is 189 Å². The lowest BCUT2D eigenvalue weighted by molar-refractivity contribution is -0.149. The van der Waals surface area contributed by atoms with Gasteiger partial charge in [0.2, 0.25) is 0 Å². The summed E-state index contributed by atoms with van der Waals surface area (Å²) in [6.45, 7) is 6.33. The van der Waals surface area contributed by atoms with Crippen molar-refractivity contribution in [2.45, 2.75) is 26.7 Å². The molecule has 0 bridgehead atoms. The van der Waals surface area contributed by atoms with Crippen LogP contribution in [0, 0.1) is 5.92 Å². The number of carbonyl (C=O) groups is 2. The van der Waals surface area contributed by atoms with Gasteiger partial charge in [0, 0.05) is 18.7 Å². The molecule has 0 aromatic heterocycles. The molecule has 0 N–H and O–H groups in total. The summed E-state index contributed by atoms with van der Waals surface area (Å²) in [5.41, 5.74) is 0.538. The van der Waals surface area contributed by atoms with E-state index in [2.05, 4.69) is 0 Å². The Morgan fingerprint density at radius 2 is 1.59 bits per heavy atom. The summed E-state index contributed by atoms with van der Waals surface area (Å²) < 4.78 is 22.3. The second kappa shape index (κ2) is 12.0. The molecule has 3 rings (SSSR count). The minimum Gasteiger partial charge on any atom is -0.490 e. The molecule has 0 atom stereocenters. The number of rotatable bonds is 10. The van der Waals surface area contributed by atoms with E-state index in [-0.39, 0.29) is 17.8 Å². The summed E-state index contributed by atoms with van der Waals surface area (Å²) >= 11 is 0. The molecular weight excluding hydrogens is 410 g/mol. The molecule has 1 aliphatic heterocycles. The predicted molar refractivity (Wildman–Crippen MR) is 120 cm³/mol. The molecule has 1 aliphatic rings. The average molecular weight is 442 g/mol. The highest BCUT2D eigenvalue weighted by Gasteiger charge is 2.29. The minimum absolute atomic E-state index is 0.0766. The van der Waals surface area contributed by atoms with E-state index in [0.29, 0.717) is 69.4 Å². The highest BCUT2D eigenvalue weighted by molar-refractivity contribution is 5.95. The van der Waals surface area contributed by atoms with Gasteiger partial charge in [-0.3, -0.25) is 9.59 Å². The molecule has 0 unspecified atom stereocenters. The van der Waals surface area contributed by atoms with E-state index >= 15 is 0 Å². The number of amides is 1. The Morgan fingerprint density at radius 3 is 2.28 bits per heavy atom. The molecule has 172 valence electrons. The number of piperidine rings is 1. The van der Waals surface area contributed by atoms with Crippen molar-refractivity contribution in [2.24, 2.45) is 5.92 Å². The lowest BCUT2D eigenvalue weighted by Crippen LogP contribution is -2.40. The van der Waals surface area contributed by atoms with Gasteiger partial charge in [-0.1, -0.05) is 18.2 Å². The van der Waals surface area contributed by atoms with Crippen LogP contribution in [-0.4, -0.2) is 56.3 Å². The predicted octanol–water partition coefficient (Wildman–Crippen LogP) is 3.96. The van der Waals surface area contributed by atoms with Crippen LogP contribution in [0.5, 0.6) is 17.2 Å². The Morgan fingerprint density at radius 1 is 0.875 bits per heavy atom. The van der Waals surface area contributed by atoms with Crippen LogP contribution in [0.1, 0.15) is 37.0 Å². The van der Waals surface area contributed by atoms with Crippen LogP contribution in [-0.2, 0) is 9.53 Å². The summed E-state index contributed by atoms with van der Waals surface area (Å²) in [5.74, 6) is 1.50. The van der Waals surface area contributed by atoms with Crippen LogP contribution in [0.4, 0.5) is 0 Å². The minimum atomic E-state index is -0.170. The standard InChI is InChI=1S/C25H31NO6/c1-3-29-23-18-20(24(27)26-14-12-19(13-15-26)25(28)30-4-2)10-11-22(23)32-17-16-31-21-8-6-5-7-9-21/h5-11,18-19H,3-4,12-17H2,1-2H3. The van der Waals surface area contributed by atoms with Crippen molar-refractivity contribution in [3.8, 4) is 17.2 Å². The number of benzene rings is 2. The van der Waals surface area contributed by atoms with Crippen LogP contribution in [0.3, 0.4) is 0 Å². The van der Waals surface area contributed by atoms with E-state index < -0.39 is 0 Å². The third-order valence-electron chi connectivity index (χ3n) is 5.25. The maximum Gasteiger partial charge on any atom is 0.309 e. The van der Waals surface area contributed by atoms with Crippen LogP contribution in [0.15, 0.2) is 48.5 Å². The van der Waals surface area contributed by atoms with E-state index in [9.17, 15) is 9.59 Å². The molecule has 1 saturated heterocycles. The van der Waals surface area contributed by atoms with Crippen molar-refractivity contribution in [1.29, 1.82) is 0 Å². The monoisotopic (exact) mass is 441 g/mol. The van der Waals surface area contributed by atoms with Gasteiger partial charge in [-0.2, -0.15) is 0 Å². The van der Waals surface area contributed by atoms with E-state index in [0.717, 1.165) is 5.75 Å². The summed E-state index contributed by atoms with van der Waals surface area (Å²) in [4.78, 5) is 26.7. The van der Waals surface area contributed by atoms with Crippen molar-refractivity contribution in [1.82, 2.24) is 4.90 Å². The van der Waals surface area contributed by atoms with Gasteiger partial charge in [-0.25, -0.2) is 0 Å². The van der Waals surface area contributed by atoms with Crippen molar-refractivity contribution in [3.63, 3.8) is 0 Å². The number of likely N-dealkylation sites (tertiary alicyclic amines) is 1. The molecule has 0 aliphatic carbocycles. The van der Waals surface area contributed by atoms with E-state index in [1.165, 1.54) is 0 Å². The second-order valence-electron chi connectivity index (χ2n) is 7.42. The number of para-hydroxylation sites is 1. The molecule has 2 aromatic carbocycles. The average Bonchev–Trinajstić information content (AvgIpc) is 2.83. The van der Waals surface area contributed by atoms with Gasteiger partial charge >= 0.3 is 5.97 Å². The molecule has 1 fully saturated rings. The zero-order chi connectivity index (χ0) is 22.8. The molecular formula is C25H31NO6. The number of ether oxygens (including phenoxy) is 4. The van der Waals surface area contributed by atoms with Gasteiger partial charge in [0.1, 0.15) is 19.0 Å². The maximum absolute atomic E-state index is 13.0. The number of nitrogens with zero attached hydrogens (tertiary/aromatic N) is 1. The normalized spacial score (nSPS) is 14.0. The van der Waals surface area contributed by atoms with Crippen LogP contribution < -0.4 is 14.2 Å². The topological polar surface area (TPSA) is 74.3 Å². The third-order valence-corrected chi connectivity index (χ3v) is 5.25. The largest absolute Gasteiger partial charge is 0.490 e. The van der Waals surface area contributed by atoms with Crippen molar-refractivity contribution in [2.75, 3.05) is 39.5 Å². The first kappa shape index (κ1) is 23.4. The smallest absolute Gasteiger partial charge is 0.309 e. The zero-order valence-corrected chi connectivity index (χ0v) is 18.7. The molecule has 1 heterocycles. The highest BCUT2D eigenvalue weighted by Crippen LogP contribution is 2.30. The van der Waals surface area contributed by atoms with Gasteiger partial charge in [-0.15, -0.1) is 0 Å². The van der Waals surface area contributed by atoms with E-state index in [1.54, 1.807) is 30.0 Å². The number of hydrogen-bond acceptors (Lipinski definition) is 6. The molecule has 7 nitrogen and oxygen atoms in total. The van der Waals surface area contributed by atoms with E-state index in [1.807, 2.05) is 37.3 Å². The summed E-state index contributed by atoms with van der Waals surface area (Å²) in [7, 11) is 0. The van der Waals surface area contributed by atoms with Gasteiger partial charge < -0.3 is 23.8 Å². The summed E-state index contributed by atoms with van der Waals surface area (Å²) in [6.07, 6.45) is 1.23. The van der Waals surface area contributed by atoms with Gasteiger partial charge in [0.15, 0.2) is 11.5 Å². The lowest BCUT2D eigenvalue weighted by Gasteiger charge is -2.31. The third kappa shape index (κ3) is 6.39. The fourth-order valence-corrected chi connectivity index (χ4v) is 3.62. The second-order valence-corrected chi connectivity index (χ2v) is 7.42. The van der Waals surface area contributed by atoms with Crippen molar-refractivity contribution >= 4 is 11.9 Å². The maximum atomic E-state index is 13.0. The van der Waals surface area contributed by atoms with Crippen LogP contribution in [0.2, 0.25) is 0 Å². The first-order valence-corrected chi connectivity index (χ1v) is 11.2. The Hall–Kier alpha value is -3.22. The molecule has 1 amide bonds. The Kier molecular flexibility index (Phi) is 8.78. The SMILES string of the molecule is CCOC(=O)C1CCN(C(=O)c2ccc(OCCOc3ccccc3)c(OCC)c2)CC1. The molecule has 2 aromatic rings. The van der Waals surface area contributed by atoms with Gasteiger partial charge in [0.05, 0.1) is 19.1 Å².